The molecule has 0 radical (unpaired) electrons. The number of unbranched alkanes of at least 4 members (excludes halogenated alkanes) is 2. The van der Waals surface area contributed by atoms with E-state index in [1.807, 2.05) is 18.0 Å². The summed E-state index contributed by atoms with van der Waals surface area (Å²) in [6, 6.07) is 4.73. The molecule has 4 heteroatoms. The van der Waals surface area contributed by atoms with Crippen molar-refractivity contribution in [2.45, 2.75) is 32.2 Å². The highest BCUT2D eigenvalue weighted by Gasteiger charge is 2.14. The summed E-state index contributed by atoms with van der Waals surface area (Å²) in [4.78, 5) is 2.03. The van der Waals surface area contributed by atoms with Crippen molar-refractivity contribution in [2.24, 2.45) is 5.73 Å². The van der Waals surface area contributed by atoms with Crippen LogP contribution in [0.15, 0.2) is 18.2 Å². The minimum absolute atomic E-state index is 0.231. The van der Waals surface area contributed by atoms with Gasteiger partial charge in [-0.1, -0.05) is 6.07 Å². The van der Waals surface area contributed by atoms with Crippen molar-refractivity contribution < 1.29 is 9.50 Å². The van der Waals surface area contributed by atoms with Crippen LogP contribution in [0.25, 0.3) is 0 Å². The Labute approximate surface area is 108 Å². The van der Waals surface area contributed by atoms with Crippen molar-refractivity contribution in [2.75, 3.05) is 25.1 Å². The number of aliphatic hydroxyl groups is 1. The molecule has 0 heterocycles. The quantitative estimate of drug-likeness (QED) is 0.735. The molecule has 0 aliphatic heterocycles. The van der Waals surface area contributed by atoms with Gasteiger partial charge in [-0.25, -0.2) is 4.39 Å². The number of hydrogen-bond acceptors (Lipinski definition) is 3. The molecular weight excluding hydrogens is 231 g/mol. The van der Waals surface area contributed by atoms with Crippen molar-refractivity contribution in [3.05, 3.63) is 29.6 Å². The lowest BCUT2D eigenvalue weighted by Gasteiger charge is -2.24. The van der Waals surface area contributed by atoms with Gasteiger partial charge >= 0.3 is 0 Å². The molecule has 0 spiro atoms. The molecule has 0 unspecified atom stereocenters. The second kappa shape index (κ2) is 7.34. The lowest BCUT2D eigenvalue weighted by molar-refractivity contribution is 0.283. The summed E-state index contributed by atoms with van der Waals surface area (Å²) in [7, 11) is 1.94. The van der Waals surface area contributed by atoms with Crippen LogP contribution >= 0.6 is 0 Å². The maximum Gasteiger partial charge on any atom is 0.130 e. The van der Waals surface area contributed by atoms with Crippen LogP contribution in [-0.2, 0) is 0 Å². The van der Waals surface area contributed by atoms with Crippen molar-refractivity contribution in [1.82, 2.24) is 0 Å². The van der Waals surface area contributed by atoms with Crippen LogP contribution in [0.3, 0.4) is 0 Å². The zero-order chi connectivity index (χ0) is 13.5. The number of nitrogens with two attached hydrogens (primary N) is 1. The molecule has 0 fully saturated rings. The van der Waals surface area contributed by atoms with Crippen molar-refractivity contribution in [3.8, 4) is 0 Å². The summed E-state index contributed by atoms with van der Waals surface area (Å²) in [6.07, 6.45) is 2.77. The monoisotopic (exact) mass is 254 g/mol. The van der Waals surface area contributed by atoms with E-state index in [0.717, 1.165) is 31.5 Å². The number of aliphatic hydroxyl groups excluding tert-OH is 1. The molecular formula is C14H23FN2O. The van der Waals surface area contributed by atoms with Crippen molar-refractivity contribution in [3.63, 3.8) is 0 Å². The summed E-state index contributed by atoms with van der Waals surface area (Å²) in [5.74, 6) is -0.246. The van der Waals surface area contributed by atoms with Gasteiger partial charge in [-0.2, -0.15) is 0 Å². The summed E-state index contributed by atoms with van der Waals surface area (Å²) >= 11 is 0. The summed E-state index contributed by atoms with van der Waals surface area (Å²) in [5.41, 5.74) is 7.26. The number of hydrogen-bond donors (Lipinski definition) is 2. The zero-order valence-corrected chi connectivity index (χ0v) is 11.2. The van der Waals surface area contributed by atoms with Gasteiger partial charge in [0.2, 0.25) is 0 Å². The fourth-order valence-corrected chi connectivity index (χ4v) is 2.07. The SMILES string of the molecule is C[C@@H](N)c1c(F)cccc1N(C)CCCCCO. The van der Waals surface area contributed by atoms with Crippen LogP contribution in [0.4, 0.5) is 10.1 Å². The highest BCUT2D eigenvalue weighted by Crippen LogP contribution is 2.27. The zero-order valence-electron chi connectivity index (χ0n) is 11.2. The third-order valence-corrected chi connectivity index (χ3v) is 3.05. The lowest BCUT2D eigenvalue weighted by atomic mass is 10.0. The average Bonchev–Trinajstić information content (AvgIpc) is 2.33. The van der Waals surface area contributed by atoms with Gasteiger partial charge in [-0.3, -0.25) is 0 Å². The van der Waals surface area contributed by atoms with Crippen LogP contribution < -0.4 is 10.6 Å². The molecule has 1 aromatic carbocycles. The van der Waals surface area contributed by atoms with E-state index < -0.39 is 0 Å². The predicted octanol–water partition coefficient (Wildman–Crippen LogP) is 2.44. The molecule has 1 aromatic rings. The largest absolute Gasteiger partial charge is 0.396 e. The van der Waals surface area contributed by atoms with E-state index in [1.165, 1.54) is 6.07 Å². The molecule has 3 nitrogen and oxygen atoms in total. The van der Waals surface area contributed by atoms with E-state index in [0.29, 0.717) is 5.56 Å². The summed E-state index contributed by atoms with van der Waals surface area (Å²) < 4.78 is 13.8. The summed E-state index contributed by atoms with van der Waals surface area (Å²) in [5, 5.41) is 8.72. The minimum Gasteiger partial charge on any atom is -0.396 e. The van der Waals surface area contributed by atoms with Gasteiger partial charge in [0.25, 0.3) is 0 Å². The molecule has 102 valence electrons. The fraction of sp³-hybridized carbons (Fsp3) is 0.571. The number of nitrogens with zero attached hydrogens (tertiary/aromatic N) is 1. The fourth-order valence-electron chi connectivity index (χ4n) is 2.07. The summed E-state index contributed by atoms with van der Waals surface area (Å²) in [6.45, 7) is 2.86. The van der Waals surface area contributed by atoms with Gasteiger partial charge in [0.05, 0.1) is 0 Å². The number of rotatable bonds is 7. The normalized spacial score (nSPS) is 12.5. The third-order valence-electron chi connectivity index (χ3n) is 3.05. The average molecular weight is 254 g/mol. The molecule has 0 amide bonds. The van der Waals surface area contributed by atoms with Gasteiger partial charge in [0, 0.05) is 37.5 Å². The smallest absolute Gasteiger partial charge is 0.130 e. The molecule has 0 aliphatic carbocycles. The molecule has 0 aliphatic rings. The van der Waals surface area contributed by atoms with Gasteiger partial charge in [0.15, 0.2) is 0 Å². The molecule has 0 aromatic heterocycles. The molecule has 0 saturated carbocycles. The number of anilines is 1. The van der Waals surface area contributed by atoms with E-state index in [1.54, 1.807) is 13.0 Å². The highest BCUT2D eigenvalue weighted by atomic mass is 19.1. The van der Waals surface area contributed by atoms with E-state index in [-0.39, 0.29) is 18.5 Å². The van der Waals surface area contributed by atoms with Gasteiger partial charge in [0.1, 0.15) is 5.82 Å². The van der Waals surface area contributed by atoms with Crippen LogP contribution in [-0.4, -0.2) is 25.3 Å². The van der Waals surface area contributed by atoms with Gasteiger partial charge in [-0.15, -0.1) is 0 Å². The number of halogens is 1. The van der Waals surface area contributed by atoms with E-state index in [4.69, 9.17) is 10.8 Å². The molecule has 1 atom stereocenters. The Balaban J connectivity index is 2.72. The van der Waals surface area contributed by atoms with E-state index in [9.17, 15) is 4.39 Å². The molecule has 0 bridgehead atoms. The Bertz CT molecular complexity index is 369. The van der Waals surface area contributed by atoms with Gasteiger partial charge in [-0.05, 0) is 38.3 Å². The van der Waals surface area contributed by atoms with E-state index >= 15 is 0 Å². The van der Waals surface area contributed by atoms with Crippen LogP contribution in [0.2, 0.25) is 0 Å². The Morgan fingerprint density at radius 1 is 1.33 bits per heavy atom. The Hall–Kier alpha value is -1.13. The van der Waals surface area contributed by atoms with Crippen molar-refractivity contribution in [1.29, 1.82) is 0 Å². The maximum absolute atomic E-state index is 13.8. The molecule has 0 saturated heterocycles. The Kier molecular flexibility index (Phi) is 6.09. The Morgan fingerprint density at radius 3 is 2.67 bits per heavy atom. The standard InChI is InChI=1S/C14H23FN2O/c1-11(16)14-12(15)7-6-8-13(14)17(2)9-4-3-5-10-18/h6-8,11,18H,3-5,9-10,16H2,1-2H3/t11-/m1/s1. The second-order valence-corrected chi connectivity index (χ2v) is 4.67. The first kappa shape index (κ1) is 14.9. The molecule has 1 rings (SSSR count). The van der Waals surface area contributed by atoms with Crippen molar-refractivity contribution >= 4 is 5.69 Å². The number of benzene rings is 1. The first-order valence-corrected chi connectivity index (χ1v) is 6.44. The first-order chi connectivity index (χ1) is 8.57. The first-order valence-electron chi connectivity index (χ1n) is 6.44. The van der Waals surface area contributed by atoms with Crippen LogP contribution in [0.5, 0.6) is 0 Å². The topological polar surface area (TPSA) is 49.5 Å². The van der Waals surface area contributed by atoms with Gasteiger partial charge < -0.3 is 15.7 Å². The lowest BCUT2D eigenvalue weighted by Crippen LogP contribution is -2.22. The molecule has 18 heavy (non-hydrogen) atoms. The third kappa shape index (κ3) is 3.96. The van der Waals surface area contributed by atoms with E-state index in [2.05, 4.69) is 0 Å². The predicted molar refractivity (Wildman–Crippen MR) is 73.2 cm³/mol. The second-order valence-electron chi connectivity index (χ2n) is 4.67. The minimum atomic E-state index is -0.318. The highest BCUT2D eigenvalue weighted by molar-refractivity contribution is 5.54. The molecule has 3 N–H and O–H groups in total. The van der Waals surface area contributed by atoms with Crippen LogP contribution in [0, 0.1) is 5.82 Å². The Morgan fingerprint density at radius 2 is 2.06 bits per heavy atom. The van der Waals surface area contributed by atoms with Crippen LogP contribution in [0.1, 0.15) is 37.8 Å². The maximum atomic E-state index is 13.8.